The van der Waals surface area contributed by atoms with Gasteiger partial charge in [-0.3, -0.25) is 9.69 Å². The van der Waals surface area contributed by atoms with Gasteiger partial charge in [0, 0.05) is 25.2 Å². The lowest BCUT2D eigenvalue weighted by atomic mass is 9.92. The van der Waals surface area contributed by atoms with E-state index in [2.05, 4.69) is 37.5 Å². The van der Waals surface area contributed by atoms with Gasteiger partial charge >= 0.3 is 0 Å². The van der Waals surface area contributed by atoms with Crippen LogP contribution in [0.2, 0.25) is 0 Å². The summed E-state index contributed by atoms with van der Waals surface area (Å²) in [4.78, 5) is 19.0. The molecule has 1 amide bonds. The second kappa shape index (κ2) is 7.59. The Balaban J connectivity index is 1.67. The average Bonchev–Trinajstić information content (AvgIpc) is 2.45. The van der Waals surface area contributed by atoms with Crippen LogP contribution < -0.4 is 0 Å². The van der Waals surface area contributed by atoms with Crippen LogP contribution in [0.1, 0.15) is 47.0 Å². The Kier molecular flexibility index (Phi) is 6.06. The number of piperidine rings is 1. The van der Waals surface area contributed by atoms with Crippen LogP contribution in [0.15, 0.2) is 0 Å². The van der Waals surface area contributed by atoms with Gasteiger partial charge in [-0.15, -0.1) is 0 Å². The summed E-state index contributed by atoms with van der Waals surface area (Å²) in [5, 5.41) is 0. The Labute approximate surface area is 130 Å². The second-order valence-corrected chi connectivity index (χ2v) is 7.32. The molecular formula is C17H33N3O. The molecule has 0 aromatic heterocycles. The third kappa shape index (κ3) is 4.68. The maximum atomic E-state index is 12.1. The maximum absolute atomic E-state index is 12.1. The molecule has 0 aromatic rings. The van der Waals surface area contributed by atoms with Crippen LogP contribution in [0.3, 0.4) is 0 Å². The molecule has 2 saturated heterocycles. The molecule has 0 bridgehead atoms. The molecule has 122 valence electrons. The predicted molar refractivity (Wildman–Crippen MR) is 87.3 cm³/mol. The molecule has 0 unspecified atom stereocenters. The summed E-state index contributed by atoms with van der Waals surface area (Å²) >= 11 is 0. The molecule has 2 heterocycles. The number of amides is 1. The van der Waals surface area contributed by atoms with Crippen molar-refractivity contribution in [3.63, 3.8) is 0 Å². The van der Waals surface area contributed by atoms with E-state index in [9.17, 15) is 4.79 Å². The van der Waals surface area contributed by atoms with Crippen LogP contribution in [0.4, 0.5) is 0 Å². The fraction of sp³-hybridized carbons (Fsp3) is 0.941. The molecule has 0 saturated carbocycles. The number of likely N-dealkylation sites (tertiary alicyclic amines) is 1. The van der Waals surface area contributed by atoms with Gasteiger partial charge in [0.15, 0.2) is 0 Å². The summed E-state index contributed by atoms with van der Waals surface area (Å²) < 4.78 is 0. The van der Waals surface area contributed by atoms with E-state index in [1.54, 1.807) is 0 Å². The van der Waals surface area contributed by atoms with Gasteiger partial charge in [-0.25, -0.2) is 0 Å². The first-order valence-electron chi connectivity index (χ1n) is 8.73. The van der Waals surface area contributed by atoms with E-state index in [0.29, 0.717) is 24.5 Å². The highest BCUT2D eigenvalue weighted by atomic mass is 16.2. The lowest BCUT2D eigenvalue weighted by molar-refractivity contribution is -0.137. The molecule has 2 aliphatic rings. The quantitative estimate of drug-likeness (QED) is 0.777. The molecule has 2 rings (SSSR count). The molecule has 2 aliphatic heterocycles. The van der Waals surface area contributed by atoms with Gasteiger partial charge in [-0.05, 0) is 72.5 Å². The normalized spacial score (nSPS) is 23.5. The Morgan fingerprint density at radius 2 is 1.67 bits per heavy atom. The Bertz CT molecular complexity index is 335. The van der Waals surface area contributed by atoms with Crippen LogP contribution in [0.5, 0.6) is 0 Å². The number of piperazine rings is 1. The second-order valence-electron chi connectivity index (χ2n) is 7.32. The minimum atomic E-state index is 0.311. The minimum Gasteiger partial charge on any atom is -0.338 e. The fourth-order valence-electron chi connectivity index (χ4n) is 3.60. The number of hydrogen-bond donors (Lipinski definition) is 0. The van der Waals surface area contributed by atoms with Crippen molar-refractivity contribution in [2.75, 3.05) is 39.3 Å². The van der Waals surface area contributed by atoms with E-state index >= 15 is 0 Å². The van der Waals surface area contributed by atoms with Crippen LogP contribution in [-0.2, 0) is 4.79 Å². The van der Waals surface area contributed by atoms with Gasteiger partial charge in [0.2, 0.25) is 5.91 Å². The van der Waals surface area contributed by atoms with Gasteiger partial charge in [0.25, 0.3) is 0 Å². The smallest absolute Gasteiger partial charge is 0.237 e. The summed E-state index contributed by atoms with van der Waals surface area (Å²) in [6.07, 6.45) is 3.93. The molecular weight excluding hydrogens is 262 g/mol. The zero-order chi connectivity index (χ0) is 15.4. The molecule has 2 fully saturated rings. The summed E-state index contributed by atoms with van der Waals surface area (Å²) in [5.41, 5.74) is 0. The fourth-order valence-corrected chi connectivity index (χ4v) is 3.60. The standard InChI is InChI=1S/C17H33N3O/c1-14(2)19-9-6-16(7-10-19)5-8-18-11-12-20(15(3)4)17(21)13-18/h14-16H,5-13H2,1-4H3. The van der Waals surface area contributed by atoms with Crippen molar-refractivity contribution in [1.82, 2.24) is 14.7 Å². The third-order valence-electron chi connectivity index (χ3n) is 5.19. The molecule has 4 heteroatoms. The lowest BCUT2D eigenvalue weighted by Crippen LogP contribution is -2.53. The van der Waals surface area contributed by atoms with Crippen LogP contribution in [0, 0.1) is 5.92 Å². The molecule has 0 aliphatic carbocycles. The Morgan fingerprint density at radius 1 is 1.00 bits per heavy atom. The van der Waals surface area contributed by atoms with Crippen molar-refractivity contribution >= 4 is 5.91 Å². The van der Waals surface area contributed by atoms with E-state index in [1.165, 1.54) is 32.4 Å². The zero-order valence-corrected chi connectivity index (χ0v) is 14.3. The van der Waals surface area contributed by atoms with E-state index in [4.69, 9.17) is 0 Å². The number of rotatable bonds is 5. The van der Waals surface area contributed by atoms with Crippen molar-refractivity contribution in [2.24, 2.45) is 5.92 Å². The van der Waals surface area contributed by atoms with E-state index in [-0.39, 0.29) is 0 Å². The highest BCUT2D eigenvalue weighted by molar-refractivity contribution is 5.79. The van der Waals surface area contributed by atoms with Crippen LogP contribution >= 0.6 is 0 Å². The van der Waals surface area contributed by atoms with Crippen molar-refractivity contribution in [3.8, 4) is 0 Å². The van der Waals surface area contributed by atoms with Crippen molar-refractivity contribution < 1.29 is 4.79 Å². The molecule has 0 radical (unpaired) electrons. The third-order valence-corrected chi connectivity index (χ3v) is 5.19. The molecule has 0 spiro atoms. The number of nitrogens with zero attached hydrogens (tertiary/aromatic N) is 3. The van der Waals surface area contributed by atoms with Gasteiger partial charge in [-0.2, -0.15) is 0 Å². The van der Waals surface area contributed by atoms with E-state index < -0.39 is 0 Å². The molecule has 21 heavy (non-hydrogen) atoms. The van der Waals surface area contributed by atoms with Gasteiger partial charge in [-0.1, -0.05) is 0 Å². The summed E-state index contributed by atoms with van der Waals surface area (Å²) in [6, 6.07) is 1.03. The predicted octanol–water partition coefficient (Wildman–Crippen LogP) is 2.05. The van der Waals surface area contributed by atoms with Crippen molar-refractivity contribution in [2.45, 2.75) is 59.0 Å². The molecule has 0 atom stereocenters. The summed E-state index contributed by atoms with van der Waals surface area (Å²) in [7, 11) is 0. The van der Waals surface area contributed by atoms with Crippen molar-refractivity contribution in [1.29, 1.82) is 0 Å². The lowest BCUT2D eigenvalue weighted by Gasteiger charge is -2.38. The van der Waals surface area contributed by atoms with Gasteiger partial charge in [0.1, 0.15) is 0 Å². The molecule has 4 nitrogen and oxygen atoms in total. The minimum absolute atomic E-state index is 0.311. The number of carbonyl (C=O) groups is 1. The molecule has 0 aromatic carbocycles. The van der Waals surface area contributed by atoms with Gasteiger partial charge < -0.3 is 9.80 Å². The first-order chi connectivity index (χ1) is 9.97. The largest absolute Gasteiger partial charge is 0.338 e. The van der Waals surface area contributed by atoms with E-state index in [0.717, 1.165) is 25.6 Å². The monoisotopic (exact) mass is 295 g/mol. The number of hydrogen-bond acceptors (Lipinski definition) is 3. The highest BCUT2D eigenvalue weighted by Crippen LogP contribution is 2.22. The topological polar surface area (TPSA) is 26.8 Å². The first kappa shape index (κ1) is 16.8. The SMILES string of the molecule is CC(C)N1CCC(CCN2CCN(C(C)C)C(=O)C2)CC1. The average molecular weight is 295 g/mol. The first-order valence-corrected chi connectivity index (χ1v) is 8.73. The van der Waals surface area contributed by atoms with Crippen molar-refractivity contribution in [3.05, 3.63) is 0 Å². The Morgan fingerprint density at radius 3 is 2.19 bits per heavy atom. The summed E-state index contributed by atoms with van der Waals surface area (Å²) in [5.74, 6) is 1.17. The maximum Gasteiger partial charge on any atom is 0.237 e. The van der Waals surface area contributed by atoms with E-state index in [1.807, 2.05) is 4.90 Å². The van der Waals surface area contributed by atoms with Crippen LogP contribution in [0.25, 0.3) is 0 Å². The summed E-state index contributed by atoms with van der Waals surface area (Å²) in [6.45, 7) is 15.0. The number of carbonyl (C=O) groups excluding carboxylic acids is 1. The van der Waals surface area contributed by atoms with Gasteiger partial charge in [0.05, 0.1) is 6.54 Å². The highest BCUT2D eigenvalue weighted by Gasteiger charge is 2.26. The zero-order valence-electron chi connectivity index (χ0n) is 14.3. The molecule has 0 N–H and O–H groups in total. The van der Waals surface area contributed by atoms with Crippen LogP contribution in [-0.4, -0.2) is 72.0 Å². The Hall–Kier alpha value is -0.610.